The van der Waals surface area contributed by atoms with E-state index in [9.17, 15) is 0 Å². The maximum Gasteiger partial charge on any atom is 0.164 e. The van der Waals surface area contributed by atoms with Gasteiger partial charge >= 0.3 is 0 Å². The minimum absolute atomic E-state index is 0.0164. The lowest BCUT2D eigenvalue weighted by Crippen LogP contribution is -2.00. The minimum Gasteiger partial charge on any atom is -0.455 e. The predicted octanol–water partition coefficient (Wildman–Crippen LogP) is 11.9. The summed E-state index contributed by atoms with van der Waals surface area (Å²) in [6.07, 6.45) is 0. The van der Waals surface area contributed by atoms with Crippen LogP contribution in [0.2, 0.25) is 0 Å². The molecule has 0 unspecified atom stereocenters. The van der Waals surface area contributed by atoms with Gasteiger partial charge in [0.2, 0.25) is 0 Å². The van der Waals surface area contributed by atoms with Crippen LogP contribution in [0.3, 0.4) is 0 Å². The number of hydrogen-bond donors (Lipinski definition) is 0. The van der Waals surface area contributed by atoms with Crippen LogP contribution in [0.4, 0.5) is 0 Å². The van der Waals surface area contributed by atoms with Gasteiger partial charge < -0.3 is 4.42 Å². The molecule has 2 aromatic heterocycles. The van der Waals surface area contributed by atoms with Crippen molar-refractivity contribution in [1.29, 1.82) is 0 Å². The topological polar surface area (TPSA) is 51.8 Å². The Balaban J connectivity index is 1.21. The van der Waals surface area contributed by atoms with Gasteiger partial charge in [0, 0.05) is 33.0 Å². The third-order valence-corrected chi connectivity index (χ3v) is 9.21. The van der Waals surface area contributed by atoms with Crippen molar-refractivity contribution < 1.29 is 11.3 Å². The zero-order chi connectivity index (χ0) is 36.7. The van der Waals surface area contributed by atoms with E-state index in [0.717, 1.165) is 27.3 Å². The maximum absolute atomic E-state index is 8.69. The third-order valence-electron chi connectivity index (χ3n) is 9.21. The van der Waals surface area contributed by atoms with Crippen molar-refractivity contribution in [2.45, 2.75) is 0 Å². The van der Waals surface area contributed by atoms with Crippen molar-refractivity contribution in [3.05, 3.63) is 164 Å². The highest BCUT2D eigenvalue weighted by atomic mass is 16.3. The fraction of sp³-hybridized carbons (Fsp3) is 0. The van der Waals surface area contributed by atoms with Gasteiger partial charge in [0.25, 0.3) is 0 Å². The molecule has 0 radical (unpaired) electrons. The first kappa shape index (κ1) is 22.8. The van der Waals surface area contributed by atoms with E-state index in [0.29, 0.717) is 28.1 Å². The molecule has 0 atom stereocenters. The lowest BCUT2D eigenvalue weighted by atomic mass is 9.91. The van der Waals surface area contributed by atoms with Crippen molar-refractivity contribution in [2.75, 3.05) is 0 Å². The average Bonchev–Trinajstić information content (AvgIpc) is 3.62. The molecule has 10 aromatic rings. The molecule has 0 N–H and O–H groups in total. The summed E-state index contributed by atoms with van der Waals surface area (Å²) in [6, 6.07) is 42.6. The first-order chi connectivity index (χ1) is 26.4. The van der Waals surface area contributed by atoms with Crippen LogP contribution in [0.1, 0.15) is 6.85 Å². The first-order valence-corrected chi connectivity index (χ1v) is 16.0. The second-order valence-electron chi connectivity index (χ2n) is 12.0. The smallest absolute Gasteiger partial charge is 0.164 e. The van der Waals surface area contributed by atoms with Gasteiger partial charge in [-0.25, -0.2) is 15.0 Å². The Labute approximate surface area is 289 Å². The quantitative estimate of drug-likeness (QED) is 0.182. The van der Waals surface area contributed by atoms with Crippen LogP contribution in [0, 0.1) is 0 Å². The summed E-state index contributed by atoms with van der Waals surface area (Å²) >= 11 is 0. The van der Waals surface area contributed by atoms with E-state index in [1.54, 1.807) is 0 Å². The van der Waals surface area contributed by atoms with Gasteiger partial charge in [-0.15, -0.1) is 0 Å². The van der Waals surface area contributed by atoms with Crippen LogP contribution in [0.25, 0.3) is 99.5 Å². The molecular formula is C45H27N3O. The molecule has 0 fully saturated rings. The number of para-hydroxylation sites is 1. The van der Waals surface area contributed by atoms with E-state index in [-0.39, 0.29) is 29.3 Å². The molecule has 0 bridgehead atoms. The monoisotopic (exact) mass is 630 g/mol. The van der Waals surface area contributed by atoms with Crippen molar-refractivity contribution in [3.63, 3.8) is 0 Å². The molecular weight excluding hydrogens is 599 g/mol. The highest BCUT2D eigenvalue weighted by molar-refractivity contribution is 6.26. The van der Waals surface area contributed by atoms with Gasteiger partial charge in [0.15, 0.2) is 17.5 Å². The van der Waals surface area contributed by atoms with E-state index in [1.165, 1.54) is 26.9 Å². The molecule has 10 rings (SSSR count). The summed E-state index contributed by atoms with van der Waals surface area (Å²) < 4.78 is 48.8. The summed E-state index contributed by atoms with van der Waals surface area (Å²) in [5.74, 6) is 0.578. The van der Waals surface area contributed by atoms with Crippen molar-refractivity contribution >= 4 is 54.3 Å². The number of nitrogens with zero attached hydrogens (tertiary/aromatic N) is 3. The second kappa shape index (κ2) is 11.0. The molecule has 0 aliphatic carbocycles. The number of aromatic nitrogens is 3. The van der Waals surface area contributed by atoms with Crippen LogP contribution >= 0.6 is 0 Å². The van der Waals surface area contributed by atoms with E-state index in [2.05, 4.69) is 77.8 Å². The Morgan fingerprint density at radius 1 is 0.408 bits per heavy atom. The zero-order valence-corrected chi connectivity index (χ0v) is 26.0. The number of fused-ring (bicyclic) bond motifs is 9. The van der Waals surface area contributed by atoms with Crippen LogP contribution < -0.4 is 0 Å². The average molecular weight is 631 g/mol. The largest absolute Gasteiger partial charge is 0.455 e. The Bertz CT molecular complexity index is 3120. The molecule has 0 saturated heterocycles. The standard InChI is InChI=1S/C45H27N3O/c1-3-13-28(14-4-1)43-46-44(29-15-5-2-6-16-29)48-45(47-43)38-23-12-24-40-41(38)37-22-11-21-31(42(37)49-40)30-25-26-36-34-19-8-7-17-32(34)33-18-9-10-20-35(33)39(36)27-30/h1-27H/i1D,3D,4D,13D,14D. The molecule has 49 heavy (non-hydrogen) atoms. The highest BCUT2D eigenvalue weighted by Gasteiger charge is 2.20. The van der Waals surface area contributed by atoms with Crippen molar-refractivity contribution in [3.8, 4) is 45.3 Å². The van der Waals surface area contributed by atoms with E-state index in [4.69, 9.17) is 21.2 Å². The Morgan fingerprint density at radius 2 is 0.980 bits per heavy atom. The van der Waals surface area contributed by atoms with Gasteiger partial charge in [-0.2, -0.15) is 0 Å². The summed E-state index contributed by atoms with van der Waals surface area (Å²) in [5.41, 5.74) is 4.57. The number of furan rings is 1. The Kier molecular flexibility index (Phi) is 5.10. The fourth-order valence-electron chi connectivity index (χ4n) is 7.02. The number of hydrogen-bond acceptors (Lipinski definition) is 4. The fourth-order valence-corrected chi connectivity index (χ4v) is 7.02. The van der Waals surface area contributed by atoms with Crippen molar-refractivity contribution in [2.24, 2.45) is 0 Å². The summed E-state index contributed by atoms with van der Waals surface area (Å²) in [5, 5.41) is 8.84. The third kappa shape index (κ3) is 4.42. The van der Waals surface area contributed by atoms with E-state index in [1.807, 2.05) is 60.7 Å². The lowest BCUT2D eigenvalue weighted by molar-refractivity contribution is 0.670. The molecule has 0 aliphatic heterocycles. The molecule has 4 heteroatoms. The van der Waals surface area contributed by atoms with Gasteiger partial charge in [-0.3, -0.25) is 0 Å². The normalized spacial score (nSPS) is 13.1. The lowest BCUT2D eigenvalue weighted by Gasteiger charge is -2.12. The van der Waals surface area contributed by atoms with E-state index >= 15 is 0 Å². The molecule has 2 heterocycles. The summed E-state index contributed by atoms with van der Waals surface area (Å²) in [7, 11) is 0. The molecule has 0 saturated carbocycles. The molecule has 0 amide bonds. The van der Waals surface area contributed by atoms with Crippen molar-refractivity contribution in [1.82, 2.24) is 15.0 Å². The van der Waals surface area contributed by atoms with Crippen LogP contribution in [0.15, 0.2) is 168 Å². The first-order valence-electron chi connectivity index (χ1n) is 18.5. The van der Waals surface area contributed by atoms with Gasteiger partial charge in [0.05, 0.1) is 6.85 Å². The van der Waals surface area contributed by atoms with Gasteiger partial charge in [-0.1, -0.05) is 152 Å². The van der Waals surface area contributed by atoms with Crippen LogP contribution in [-0.2, 0) is 0 Å². The highest BCUT2D eigenvalue weighted by Crippen LogP contribution is 2.42. The molecule has 0 aliphatic rings. The summed E-state index contributed by atoms with van der Waals surface area (Å²) in [6.45, 7) is 0. The number of benzene rings is 8. The molecule has 8 aromatic carbocycles. The predicted molar refractivity (Wildman–Crippen MR) is 201 cm³/mol. The van der Waals surface area contributed by atoms with Gasteiger partial charge in [-0.05, 0) is 50.0 Å². The number of rotatable bonds is 4. The SMILES string of the molecule is [2H]c1c([2H])c([2H])c(-c2nc(-c3ccccc3)nc(-c3cccc4oc5c(-c6ccc7c8ccccc8c8ccccc8c7c6)cccc5c34)n2)c([2H])c1[2H]. The Morgan fingerprint density at radius 3 is 1.71 bits per heavy atom. The molecule has 228 valence electrons. The van der Waals surface area contributed by atoms with Crippen LogP contribution in [-0.4, -0.2) is 15.0 Å². The minimum atomic E-state index is -0.482. The van der Waals surface area contributed by atoms with Gasteiger partial charge in [0.1, 0.15) is 11.2 Å². The van der Waals surface area contributed by atoms with Crippen LogP contribution in [0.5, 0.6) is 0 Å². The molecule has 4 nitrogen and oxygen atoms in total. The zero-order valence-electron chi connectivity index (χ0n) is 31.0. The summed E-state index contributed by atoms with van der Waals surface area (Å²) in [4.78, 5) is 14.4. The maximum atomic E-state index is 8.69. The Hall–Kier alpha value is -6.65. The second-order valence-corrected chi connectivity index (χ2v) is 12.0. The molecule has 0 spiro atoms. The van der Waals surface area contributed by atoms with E-state index < -0.39 is 18.1 Å².